The van der Waals surface area contributed by atoms with Crippen LogP contribution in [0.15, 0.2) is 48.6 Å². The molecule has 23 heavy (non-hydrogen) atoms. The van der Waals surface area contributed by atoms with Gasteiger partial charge in [0.05, 0.1) is 13.7 Å². The Hall–Kier alpha value is -1.87. The van der Waals surface area contributed by atoms with Crippen molar-refractivity contribution in [2.75, 3.05) is 13.7 Å². The molecule has 0 radical (unpaired) electrons. The van der Waals surface area contributed by atoms with Crippen LogP contribution in [0.4, 0.5) is 0 Å². The molecule has 0 aliphatic heterocycles. The van der Waals surface area contributed by atoms with Gasteiger partial charge in [-0.05, 0) is 55.4 Å². The molecule has 0 saturated carbocycles. The summed E-state index contributed by atoms with van der Waals surface area (Å²) < 4.78 is 10.8. The van der Waals surface area contributed by atoms with Gasteiger partial charge in [-0.25, -0.2) is 0 Å². The van der Waals surface area contributed by atoms with Crippen molar-refractivity contribution in [2.24, 2.45) is 5.92 Å². The Bertz CT molecular complexity index is 528. The average Bonchev–Trinajstić information content (AvgIpc) is 2.99. The van der Waals surface area contributed by atoms with Crippen LogP contribution in [0.3, 0.4) is 0 Å². The molecule has 0 aromatic heterocycles. The first kappa shape index (κ1) is 17.5. The van der Waals surface area contributed by atoms with Crippen molar-refractivity contribution < 1.29 is 14.3 Å². The lowest BCUT2D eigenvalue weighted by molar-refractivity contribution is -0.114. The summed E-state index contributed by atoms with van der Waals surface area (Å²) in [5.74, 6) is 1.56. The smallest absolute Gasteiger partial charge is 0.155 e. The van der Waals surface area contributed by atoms with Crippen LogP contribution in [0.5, 0.6) is 5.75 Å². The SMILES string of the molecule is COc1ccc(COCCCC/C=C\C[C@@H]2C=CC(=O)C2)cc1. The minimum Gasteiger partial charge on any atom is -0.497 e. The van der Waals surface area contributed by atoms with Gasteiger partial charge in [0, 0.05) is 13.0 Å². The normalized spacial score (nSPS) is 17.3. The van der Waals surface area contributed by atoms with Gasteiger partial charge in [0.15, 0.2) is 5.78 Å². The Morgan fingerprint density at radius 3 is 2.70 bits per heavy atom. The van der Waals surface area contributed by atoms with E-state index in [0.717, 1.165) is 38.0 Å². The predicted octanol–water partition coefficient (Wildman–Crippen LogP) is 4.47. The second-order valence-electron chi connectivity index (χ2n) is 5.89. The zero-order chi connectivity index (χ0) is 16.3. The third kappa shape index (κ3) is 6.83. The third-order valence-electron chi connectivity index (χ3n) is 3.96. The van der Waals surface area contributed by atoms with E-state index < -0.39 is 0 Å². The number of allylic oxidation sites excluding steroid dienone is 4. The molecule has 1 aliphatic carbocycles. The van der Waals surface area contributed by atoms with Gasteiger partial charge in [0.1, 0.15) is 5.75 Å². The zero-order valence-corrected chi connectivity index (χ0v) is 13.9. The summed E-state index contributed by atoms with van der Waals surface area (Å²) in [7, 11) is 1.67. The number of ketones is 1. The Balaban J connectivity index is 1.46. The number of ether oxygens (including phenoxy) is 2. The molecule has 1 aromatic rings. The molecule has 0 amide bonds. The third-order valence-corrected chi connectivity index (χ3v) is 3.96. The van der Waals surface area contributed by atoms with E-state index in [9.17, 15) is 4.79 Å². The molecule has 0 fully saturated rings. The Morgan fingerprint density at radius 2 is 2.00 bits per heavy atom. The maximum absolute atomic E-state index is 11.1. The van der Waals surface area contributed by atoms with Crippen molar-refractivity contribution in [1.29, 1.82) is 0 Å². The fraction of sp³-hybridized carbons (Fsp3) is 0.450. The molecule has 0 spiro atoms. The summed E-state index contributed by atoms with van der Waals surface area (Å²) in [6.45, 7) is 1.45. The first-order chi connectivity index (χ1) is 11.3. The van der Waals surface area contributed by atoms with Crippen LogP contribution >= 0.6 is 0 Å². The summed E-state index contributed by atoms with van der Waals surface area (Å²) in [4.78, 5) is 11.1. The second-order valence-corrected chi connectivity index (χ2v) is 5.89. The van der Waals surface area contributed by atoms with E-state index in [0.29, 0.717) is 18.9 Å². The van der Waals surface area contributed by atoms with Crippen LogP contribution < -0.4 is 4.74 Å². The zero-order valence-electron chi connectivity index (χ0n) is 13.9. The number of hydrogen-bond donors (Lipinski definition) is 0. The number of unbranched alkanes of at least 4 members (excludes halogenated alkanes) is 2. The molecule has 0 unspecified atom stereocenters. The first-order valence-electron chi connectivity index (χ1n) is 8.34. The van der Waals surface area contributed by atoms with Gasteiger partial charge in [-0.1, -0.05) is 30.4 Å². The monoisotopic (exact) mass is 314 g/mol. The molecular weight excluding hydrogens is 288 g/mol. The predicted molar refractivity (Wildman–Crippen MR) is 92.5 cm³/mol. The largest absolute Gasteiger partial charge is 0.497 e. The van der Waals surface area contributed by atoms with Gasteiger partial charge in [-0.2, -0.15) is 0 Å². The fourth-order valence-electron chi connectivity index (χ4n) is 2.57. The Labute approximate surface area is 139 Å². The topological polar surface area (TPSA) is 35.5 Å². The van der Waals surface area contributed by atoms with E-state index in [-0.39, 0.29) is 5.78 Å². The summed E-state index contributed by atoms with van der Waals surface area (Å²) in [5.41, 5.74) is 1.17. The molecule has 1 aliphatic rings. The second kappa shape index (κ2) is 10.0. The molecular formula is C20H26O3. The van der Waals surface area contributed by atoms with E-state index in [4.69, 9.17) is 9.47 Å². The van der Waals surface area contributed by atoms with Crippen molar-refractivity contribution in [3.8, 4) is 5.75 Å². The van der Waals surface area contributed by atoms with Gasteiger partial charge in [-0.3, -0.25) is 4.79 Å². The highest BCUT2D eigenvalue weighted by molar-refractivity contribution is 5.92. The van der Waals surface area contributed by atoms with Gasteiger partial charge >= 0.3 is 0 Å². The number of carbonyl (C=O) groups is 1. The molecule has 0 bridgehead atoms. The van der Waals surface area contributed by atoms with E-state index in [1.807, 2.05) is 30.3 Å². The van der Waals surface area contributed by atoms with E-state index in [1.54, 1.807) is 13.2 Å². The van der Waals surface area contributed by atoms with Crippen LogP contribution in [0.1, 0.15) is 37.7 Å². The molecule has 2 rings (SSSR count). The Kier molecular flexibility index (Phi) is 7.61. The fourth-order valence-corrected chi connectivity index (χ4v) is 2.57. The molecule has 3 nitrogen and oxygen atoms in total. The first-order valence-corrected chi connectivity index (χ1v) is 8.34. The lowest BCUT2D eigenvalue weighted by Crippen LogP contribution is -1.95. The maximum atomic E-state index is 11.1. The Morgan fingerprint density at radius 1 is 1.17 bits per heavy atom. The van der Waals surface area contributed by atoms with Crippen molar-refractivity contribution in [3.63, 3.8) is 0 Å². The van der Waals surface area contributed by atoms with E-state index in [2.05, 4.69) is 12.2 Å². The lowest BCUT2D eigenvalue weighted by atomic mass is 10.0. The van der Waals surface area contributed by atoms with Crippen LogP contribution in [0.25, 0.3) is 0 Å². The van der Waals surface area contributed by atoms with Crippen LogP contribution in [-0.2, 0) is 16.1 Å². The minimum atomic E-state index is 0.261. The molecule has 1 aromatic carbocycles. The van der Waals surface area contributed by atoms with Crippen LogP contribution in [0, 0.1) is 5.92 Å². The van der Waals surface area contributed by atoms with Gasteiger partial charge < -0.3 is 9.47 Å². The molecule has 1 atom stereocenters. The summed E-state index contributed by atoms with van der Waals surface area (Å²) >= 11 is 0. The standard InChI is InChI=1S/C20H26O3/c1-22-20-12-9-18(10-13-20)16-23-14-6-4-2-3-5-7-17-8-11-19(21)15-17/h3,5,8-13,17H,2,4,6-7,14-16H2,1H3/b5-3-/t17-/m1/s1. The van der Waals surface area contributed by atoms with Crippen molar-refractivity contribution in [2.45, 2.75) is 38.7 Å². The molecule has 0 N–H and O–H groups in total. The van der Waals surface area contributed by atoms with Crippen LogP contribution in [0.2, 0.25) is 0 Å². The molecule has 3 heteroatoms. The highest BCUT2D eigenvalue weighted by Crippen LogP contribution is 2.18. The van der Waals surface area contributed by atoms with Crippen LogP contribution in [-0.4, -0.2) is 19.5 Å². The van der Waals surface area contributed by atoms with E-state index >= 15 is 0 Å². The van der Waals surface area contributed by atoms with Crippen molar-refractivity contribution >= 4 is 5.78 Å². The average molecular weight is 314 g/mol. The molecule has 124 valence electrons. The number of benzene rings is 1. The minimum absolute atomic E-state index is 0.261. The highest BCUT2D eigenvalue weighted by Gasteiger charge is 2.13. The maximum Gasteiger partial charge on any atom is 0.155 e. The number of carbonyl (C=O) groups excluding carboxylic acids is 1. The number of hydrogen-bond acceptors (Lipinski definition) is 3. The van der Waals surface area contributed by atoms with Gasteiger partial charge in [-0.15, -0.1) is 0 Å². The number of rotatable bonds is 10. The highest BCUT2D eigenvalue weighted by atomic mass is 16.5. The summed E-state index contributed by atoms with van der Waals surface area (Å²) in [5, 5.41) is 0. The number of methoxy groups -OCH3 is 1. The molecule has 0 saturated heterocycles. The quantitative estimate of drug-likeness (QED) is 0.472. The summed E-state index contributed by atoms with van der Waals surface area (Å²) in [6.07, 6.45) is 13.1. The van der Waals surface area contributed by atoms with Crippen molar-refractivity contribution in [1.82, 2.24) is 0 Å². The van der Waals surface area contributed by atoms with Gasteiger partial charge in [0.25, 0.3) is 0 Å². The van der Waals surface area contributed by atoms with Gasteiger partial charge in [0.2, 0.25) is 0 Å². The molecule has 0 heterocycles. The van der Waals surface area contributed by atoms with E-state index in [1.165, 1.54) is 5.56 Å². The lowest BCUT2D eigenvalue weighted by Gasteiger charge is -2.05. The van der Waals surface area contributed by atoms with Crippen molar-refractivity contribution in [3.05, 3.63) is 54.1 Å². The summed E-state index contributed by atoms with van der Waals surface area (Å²) in [6, 6.07) is 7.97.